The molecule has 1 aromatic carbocycles. The molecule has 0 heterocycles. The average molecular weight is 347 g/mol. The van der Waals surface area contributed by atoms with Crippen molar-refractivity contribution in [2.24, 2.45) is 11.3 Å². The number of anilines is 1. The summed E-state index contributed by atoms with van der Waals surface area (Å²) >= 11 is 0. The molecule has 1 aliphatic rings. The molecule has 1 saturated carbocycles. The summed E-state index contributed by atoms with van der Waals surface area (Å²) in [4.78, 5) is 26.1. The van der Waals surface area contributed by atoms with Crippen LogP contribution in [0.5, 0.6) is 0 Å². The molecule has 2 N–H and O–H groups in total. The second kappa shape index (κ2) is 7.04. The Bertz CT molecular complexity index is 670. The fourth-order valence-corrected chi connectivity index (χ4v) is 3.87. The molecule has 0 unspecified atom stereocenters. The minimum Gasteiger partial charge on any atom is -0.380 e. The zero-order chi connectivity index (χ0) is 18.9. The molecule has 3 amide bonds. The third-order valence-electron chi connectivity index (χ3n) is 5.22. The van der Waals surface area contributed by atoms with Crippen LogP contribution in [0.1, 0.15) is 36.7 Å². The Morgan fingerprint density at radius 2 is 1.88 bits per heavy atom. The van der Waals surface area contributed by atoms with Gasteiger partial charge in [-0.2, -0.15) is 0 Å². The molecular formula is C19H29N3O3. The van der Waals surface area contributed by atoms with E-state index in [-0.39, 0.29) is 35.4 Å². The number of rotatable bonds is 4. The molecule has 6 heteroatoms. The number of methoxy groups -OCH3 is 1. The largest absolute Gasteiger partial charge is 0.380 e. The number of aryl methyl sites for hydroxylation is 1. The van der Waals surface area contributed by atoms with E-state index in [9.17, 15) is 9.59 Å². The van der Waals surface area contributed by atoms with Gasteiger partial charge in [0.2, 0.25) is 0 Å². The minimum absolute atomic E-state index is 0.0318. The lowest BCUT2D eigenvalue weighted by atomic mass is 9.58. The van der Waals surface area contributed by atoms with Gasteiger partial charge in [0.1, 0.15) is 0 Å². The molecule has 1 aromatic rings. The maximum Gasteiger partial charge on any atom is 0.319 e. The highest BCUT2D eigenvalue weighted by Crippen LogP contribution is 2.46. The molecule has 25 heavy (non-hydrogen) atoms. The molecule has 1 fully saturated rings. The summed E-state index contributed by atoms with van der Waals surface area (Å²) in [5, 5.41) is 5.92. The molecular weight excluding hydrogens is 318 g/mol. The van der Waals surface area contributed by atoms with Crippen LogP contribution in [-0.4, -0.2) is 50.2 Å². The first kappa shape index (κ1) is 19.2. The predicted molar refractivity (Wildman–Crippen MR) is 98.9 cm³/mol. The van der Waals surface area contributed by atoms with Crippen LogP contribution in [0.4, 0.5) is 10.5 Å². The van der Waals surface area contributed by atoms with Gasteiger partial charge in [-0.15, -0.1) is 0 Å². The van der Waals surface area contributed by atoms with Crippen LogP contribution in [0, 0.1) is 18.3 Å². The van der Waals surface area contributed by atoms with E-state index in [2.05, 4.69) is 31.4 Å². The van der Waals surface area contributed by atoms with Gasteiger partial charge in [0.05, 0.1) is 6.10 Å². The van der Waals surface area contributed by atoms with E-state index in [4.69, 9.17) is 4.74 Å². The summed E-state index contributed by atoms with van der Waals surface area (Å²) < 4.78 is 5.51. The molecule has 0 saturated heterocycles. The topological polar surface area (TPSA) is 70.7 Å². The van der Waals surface area contributed by atoms with Crippen LogP contribution in [0.15, 0.2) is 18.2 Å². The number of amides is 3. The van der Waals surface area contributed by atoms with E-state index >= 15 is 0 Å². The van der Waals surface area contributed by atoms with Gasteiger partial charge in [-0.25, -0.2) is 4.79 Å². The summed E-state index contributed by atoms with van der Waals surface area (Å²) in [6.07, 6.45) is 0.126. The molecule has 0 aromatic heterocycles. The van der Waals surface area contributed by atoms with Crippen molar-refractivity contribution in [3.05, 3.63) is 29.3 Å². The standard InChI is InChI=1S/C19H29N3O3/c1-11-8-9-13(17(23)22(5)6)10-14(11)20-18(24)21-15-12(2)16(25-7)19(15,3)4/h8-10,12,15-16H,1-7H3,(H2,20,21,24)/t12-,15+,16-/m1/s1. The lowest BCUT2D eigenvalue weighted by Crippen LogP contribution is -2.68. The fraction of sp³-hybridized carbons (Fsp3) is 0.579. The van der Waals surface area contributed by atoms with Crippen LogP contribution < -0.4 is 10.6 Å². The van der Waals surface area contributed by atoms with E-state index in [1.165, 1.54) is 4.90 Å². The van der Waals surface area contributed by atoms with Crippen LogP contribution in [0.25, 0.3) is 0 Å². The van der Waals surface area contributed by atoms with Crippen molar-refractivity contribution >= 4 is 17.6 Å². The second-order valence-electron chi connectivity index (χ2n) is 7.64. The summed E-state index contributed by atoms with van der Waals surface area (Å²) in [5.41, 5.74) is 1.96. The lowest BCUT2D eigenvalue weighted by Gasteiger charge is -2.56. The molecule has 0 aliphatic heterocycles. The summed E-state index contributed by atoms with van der Waals surface area (Å²) in [7, 11) is 5.11. The van der Waals surface area contributed by atoms with Crippen molar-refractivity contribution in [3.8, 4) is 0 Å². The molecule has 2 rings (SSSR count). The van der Waals surface area contributed by atoms with Gasteiger partial charge in [-0.05, 0) is 24.6 Å². The van der Waals surface area contributed by atoms with Crippen molar-refractivity contribution < 1.29 is 14.3 Å². The van der Waals surface area contributed by atoms with Crippen LogP contribution >= 0.6 is 0 Å². The highest BCUT2D eigenvalue weighted by atomic mass is 16.5. The van der Waals surface area contributed by atoms with Gasteiger partial charge < -0.3 is 20.3 Å². The highest BCUT2D eigenvalue weighted by Gasteiger charge is 2.55. The Balaban J connectivity index is 2.09. The normalized spacial score (nSPS) is 24.2. The second-order valence-corrected chi connectivity index (χ2v) is 7.64. The first-order valence-electron chi connectivity index (χ1n) is 8.52. The maximum atomic E-state index is 12.5. The van der Waals surface area contributed by atoms with Crippen molar-refractivity contribution in [2.45, 2.75) is 39.8 Å². The number of hydrogen-bond acceptors (Lipinski definition) is 3. The molecule has 1 aliphatic carbocycles. The monoisotopic (exact) mass is 347 g/mol. The zero-order valence-electron chi connectivity index (χ0n) is 16.1. The fourth-order valence-electron chi connectivity index (χ4n) is 3.87. The van der Waals surface area contributed by atoms with Gasteiger partial charge in [0.25, 0.3) is 5.91 Å². The minimum atomic E-state index is -0.267. The van der Waals surface area contributed by atoms with Crippen LogP contribution in [0.3, 0.4) is 0 Å². The molecule has 3 atom stereocenters. The first-order chi connectivity index (χ1) is 11.6. The Morgan fingerprint density at radius 3 is 2.40 bits per heavy atom. The lowest BCUT2D eigenvalue weighted by molar-refractivity contribution is -0.140. The number of carbonyl (C=O) groups excluding carboxylic acids is 2. The van der Waals surface area contributed by atoms with Gasteiger partial charge in [-0.1, -0.05) is 26.8 Å². The van der Waals surface area contributed by atoms with Gasteiger partial charge in [0, 0.05) is 49.8 Å². The average Bonchev–Trinajstić information content (AvgIpc) is 2.54. The molecule has 0 radical (unpaired) electrons. The molecule has 138 valence electrons. The number of nitrogens with one attached hydrogen (secondary N) is 2. The molecule has 0 spiro atoms. The quantitative estimate of drug-likeness (QED) is 0.880. The van der Waals surface area contributed by atoms with Crippen molar-refractivity contribution in [2.75, 3.05) is 26.5 Å². The summed E-state index contributed by atoms with van der Waals surface area (Å²) in [6.45, 7) is 8.16. The van der Waals surface area contributed by atoms with Crippen LogP contribution in [-0.2, 0) is 4.74 Å². The predicted octanol–water partition coefficient (Wildman–Crippen LogP) is 2.88. The summed E-state index contributed by atoms with van der Waals surface area (Å²) in [6, 6.07) is 5.08. The number of urea groups is 1. The third kappa shape index (κ3) is 3.63. The smallest absolute Gasteiger partial charge is 0.319 e. The Hall–Kier alpha value is -2.08. The number of benzene rings is 1. The van der Waals surface area contributed by atoms with E-state index < -0.39 is 0 Å². The van der Waals surface area contributed by atoms with Crippen molar-refractivity contribution in [3.63, 3.8) is 0 Å². The molecule has 6 nitrogen and oxygen atoms in total. The zero-order valence-corrected chi connectivity index (χ0v) is 16.1. The Morgan fingerprint density at radius 1 is 1.24 bits per heavy atom. The van der Waals surface area contributed by atoms with Gasteiger partial charge in [0.15, 0.2) is 0 Å². The van der Waals surface area contributed by atoms with Gasteiger partial charge >= 0.3 is 6.03 Å². The van der Waals surface area contributed by atoms with E-state index in [1.54, 1.807) is 33.3 Å². The maximum absolute atomic E-state index is 12.5. The highest BCUT2D eigenvalue weighted by molar-refractivity contribution is 5.97. The number of hydrogen-bond donors (Lipinski definition) is 2. The number of carbonyl (C=O) groups is 2. The third-order valence-corrected chi connectivity index (χ3v) is 5.22. The van der Waals surface area contributed by atoms with E-state index in [0.717, 1.165) is 5.56 Å². The number of nitrogens with zero attached hydrogens (tertiary/aromatic N) is 1. The van der Waals surface area contributed by atoms with E-state index in [1.807, 2.05) is 13.0 Å². The first-order valence-corrected chi connectivity index (χ1v) is 8.52. The Labute approximate surface area is 149 Å². The number of ether oxygens (including phenoxy) is 1. The summed E-state index contributed by atoms with van der Waals surface area (Å²) in [5.74, 6) is 0.147. The van der Waals surface area contributed by atoms with Crippen molar-refractivity contribution in [1.29, 1.82) is 0 Å². The van der Waals surface area contributed by atoms with Crippen molar-refractivity contribution in [1.82, 2.24) is 10.2 Å². The Kier molecular flexibility index (Phi) is 5.42. The SMILES string of the molecule is CO[C@@H]1[C@H](C)[C@H](NC(=O)Nc2cc(C(=O)N(C)C)ccc2C)C1(C)C. The van der Waals surface area contributed by atoms with E-state index in [0.29, 0.717) is 11.3 Å². The van der Waals surface area contributed by atoms with Crippen LogP contribution in [0.2, 0.25) is 0 Å². The van der Waals surface area contributed by atoms with Gasteiger partial charge in [-0.3, -0.25) is 4.79 Å². The molecule has 0 bridgehead atoms.